The second kappa shape index (κ2) is 5.72. The molecule has 0 fully saturated rings. The average Bonchev–Trinajstić information content (AvgIpc) is 2.26. The van der Waals surface area contributed by atoms with E-state index in [4.69, 9.17) is 5.84 Å². The predicted molar refractivity (Wildman–Crippen MR) is 63.2 cm³/mol. The molecule has 1 aromatic heterocycles. The van der Waals surface area contributed by atoms with Crippen LogP contribution in [0.15, 0.2) is 6.33 Å². The van der Waals surface area contributed by atoms with Crippen LogP contribution < -0.4 is 16.2 Å². The van der Waals surface area contributed by atoms with E-state index in [0.29, 0.717) is 11.6 Å². The van der Waals surface area contributed by atoms with Gasteiger partial charge in [-0.3, -0.25) is 0 Å². The number of alkyl halides is 2. The van der Waals surface area contributed by atoms with Gasteiger partial charge in [-0.25, -0.2) is 24.6 Å². The molecule has 17 heavy (non-hydrogen) atoms. The van der Waals surface area contributed by atoms with Crippen LogP contribution in [0.3, 0.4) is 0 Å². The number of nitrogen functional groups attached to an aromatic ring is 1. The van der Waals surface area contributed by atoms with Gasteiger partial charge in [0.2, 0.25) is 0 Å². The van der Waals surface area contributed by atoms with E-state index in [0.717, 1.165) is 5.56 Å². The van der Waals surface area contributed by atoms with Gasteiger partial charge in [-0.2, -0.15) is 0 Å². The van der Waals surface area contributed by atoms with Crippen molar-refractivity contribution in [2.75, 3.05) is 23.9 Å². The molecule has 3 N–H and O–H groups in total. The molecule has 0 aliphatic carbocycles. The number of nitrogens with one attached hydrogen (secondary N) is 1. The number of hydrogen-bond acceptors (Lipinski definition) is 5. The first-order valence-electron chi connectivity index (χ1n) is 5.28. The van der Waals surface area contributed by atoms with Crippen LogP contribution >= 0.6 is 0 Å². The van der Waals surface area contributed by atoms with E-state index in [-0.39, 0.29) is 12.5 Å². The summed E-state index contributed by atoms with van der Waals surface area (Å²) in [5.74, 6) is 6.37. The highest BCUT2D eigenvalue weighted by molar-refractivity contribution is 5.59. The van der Waals surface area contributed by atoms with E-state index in [9.17, 15) is 8.78 Å². The fraction of sp³-hybridized carbons (Fsp3) is 0.600. The summed E-state index contributed by atoms with van der Waals surface area (Å²) in [6.07, 6.45) is -1.11. The predicted octanol–water partition coefficient (Wildman–Crippen LogP) is 1.59. The largest absolute Gasteiger partial charge is 0.354 e. The van der Waals surface area contributed by atoms with Crippen molar-refractivity contribution < 1.29 is 8.78 Å². The van der Waals surface area contributed by atoms with Gasteiger partial charge in [0.15, 0.2) is 0 Å². The summed E-state index contributed by atoms with van der Waals surface area (Å²) in [7, 11) is 1.57. The Labute approximate surface area is 99.0 Å². The number of nitrogens with two attached hydrogens (primary N) is 1. The topological polar surface area (TPSA) is 67.1 Å². The zero-order chi connectivity index (χ0) is 13.0. The van der Waals surface area contributed by atoms with E-state index in [1.807, 2.05) is 13.8 Å². The van der Waals surface area contributed by atoms with E-state index < -0.39 is 6.43 Å². The first-order valence-corrected chi connectivity index (χ1v) is 5.28. The Balaban J connectivity index is 3.13. The molecule has 0 aromatic carbocycles. The highest BCUT2D eigenvalue weighted by atomic mass is 19.3. The Morgan fingerprint density at radius 1 is 1.41 bits per heavy atom. The SMILES string of the molecule is CC(C)c1c(NN)ncnc1N(C)CC(F)F. The molecule has 0 radical (unpaired) electrons. The third-order valence-corrected chi connectivity index (χ3v) is 2.35. The summed E-state index contributed by atoms with van der Waals surface area (Å²) in [6.45, 7) is 3.49. The maximum atomic E-state index is 12.4. The van der Waals surface area contributed by atoms with Crippen LogP contribution in [0.25, 0.3) is 0 Å². The Morgan fingerprint density at radius 2 is 2.06 bits per heavy atom. The number of hydrazine groups is 1. The van der Waals surface area contributed by atoms with Gasteiger partial charge in [-0.15, -0.1) is 0 Å². The first-order chi connectivity index (χ1) is 7.97. The number of aromatic nitrogens is 2. The van der Waals surface area contributed by atoms with Crippen molar-refractivity contribution in [2.24, 2.45) is 5.84 Å². The van der Waals surface area contributed by atoms with E-state index in [1.165, 1.54) is 11.2 Å². The van der Waals surface area contributed by atoms with Crippen molar-refractivity contribution in [2.45, 2.75) is 26.2 Å². The zero-order valence-corrected chi connectivity index (χ0v) is 10.1. The number of nitrogens with zero attached hydrogens (tertiary/aromatic N) is 3. The third-order valence-electron chi connectivity index (χ3n) is 2.35. The molecule has 7 heteroatoms. The van der Waals surface area contributed by atoms with Crippen molar-refractivity contribution in [1.82, 2.24) is 9.97 Å². The monoisotopic (exact) mass is 245 g/mol. The minimum absolute atomic E-state index is 0.0809. The van der Waals surface area contributed by atoms with Gasteiger partial charge in [0.05, 0.1) is 6.54 Å². The maximum absolute atomic E-state index is 12.4. The molecule has 0 unspecified atom stereocenters. The minimum atomic E-state index is -2.41. The van der Waals surface area contributed by atoms with E-state index in [1.54, 1.807) is 7.05 Å². The summed E-state index contributed by atoms with van der Waals surface area (Å²) in [5, 5.41) is 0. The van der Waals surface area contributed by atoms with Gasteiger partial charge < -0.3 is 10.3 Å². The Morgan fingerprint density at radius 3 is 2.53 bits per heavy atom. The van der Waals surface area contributed by atoms with E-state index >= 15 is 0 Å². The van der Waals surface area contributed by atoms with Crippen LogP contribution in [0.4, 0.5) is 20.4 Å². The molecule has 0 saturated carbocycles. The van der Waals surface area contributed by atoms with Gasteiger partial charge in [-0.1, -0.05) is 13.8 Å². The number of rotatable bonds is 5. The van der Waals surface area contributed by atoms with Crippen LogP contribution in [0.1, 0.15) is 25.3 Å². The molecule has 0 spiro atoms. The molecule has 0 amide bonds. The van der Waals surface area contributed by atoms with Crippen molar-refractivity contribution in [1.29, 1.82) is 0 Å². The molecule has 0 aliphatic heterocycles. The molecule has 1 rings (SSSR count). The first kappa shape index (κ1) is 13.6. The van der Waals surface area contributed by atoms with Crippen LogP contribution in [0.5, 0.6) is 0 Å². The zero-order valence-electron chi connectivity index (χ0n) is 10.1. The molecule has 96 valence electrons. The molecule has 0 bridgehead atoms. The Bertz CT molecular complexity index is 370. The fourth-order valence-corrected chi connectivity index (χ4v) is 1.63. The van der Waals surface area contributed by atoms with Crippen LogP contribution in [-0.4, -0.2) is 30.0 Å². The van der Waals surface area contributed by atoms with Gasteiger partial charge in [0.25, 0.3) is 6.43 Å². The lowest BCUT2D eigenvalue weighted by atomic mass is 10.0. The van der Waals surface area contributed by atoms with Crippen LogP contribution in [0, 0.1) is 0 Å². The van der Waals surface area contributed by atoms with Gasteiger partial charge in [0, 0.05) is 12.6 Å². The molecular weight excluding hydrogens is 228 g/mol. The summed E-state index contributed by atoms with van der Waals surface area (Å²) in [5.41, 5.74) is 3.19. The van der Waals surface area contributed by atoms with Gasteiger partial charge in [0.1, 0.15) is 18.0 Å². The van der Waals surface area contributed by atoms with Crippen molar-refractivity contribution in [3.63, 3.8) is 0 Å². The molecule has 0 aliphatic rings. The Kier molecular flexibility index (Phi) is 4.56. The summed E-state index contributed by atoms with van der Waals surface area (Å²) in [4.78, 5) is 9.43. The normalized spacial score (nSPS) is 11.1. The smallest absolute Gasteiger partial charge is 0.255 e. The van der Waals surface area contributed by atoms with Crippen molar-refractivity contribution in [3.05, 3.63) is 11.9 Å². The van der Waals surface area contributed by atoms with Gasteiger partial charge in [-0.05, 0) is 5.92 Å². The summed E-state index contributed by atoms with van der Waals surface area (Å²) in [6, 6.07) is 0. The molecular formula is C10H17F2N5. The molecule has 1 aromatic rings. The lowest BCUT2D eigenvalue weighted by molar-refractivity contribution is 0.156. The summed E-state index contributed by atoms with van der Waals surface area (Å²) >= 11 is 0. The standard InChI is InChI=1S/C10H17F2N5/c1-6(2)8-9(16-13)14-5-15-10(8)17(3)4-7(11)12/h5-7H,4,13H2,1-3H3,(H,14,15,16). The molecule has 0 saturated heterocycles. The molecule has 1 heterocycles. The van der Waals surface area contributed by atoms with Crippen molar-refractivity contribution >= 4 is 11.6 Å². The second-order valence-corrected chi connectivity index (χ2v) is 4.03. The minimum Gasteiger partial charge on any atom is -0.354 e. The third kappa shape index (κ3) is 3.23. The van der Waals surface area contributed by atoms with E-state index in [2.05, 4.69) is 15.4 Å². The van der Waals surface area contributed by atoms with Crippen LogP contribution in [0.2, 0.25) is 0 Å². The average molecular weight is 245 g/mol. The highest BCUT2D eigenvalue weighted by Gasteiger charge is 2.19. The second-order valence-electron chi connectivity index (χ2n) is 4.03. The quantitative estimate of drug-likeness (QED) is 0.609. The van der Waals surface area contributed by atoms with Crippen molar-refractivity contribution in [3.8, 4) is 0 Å². The van der Waals surface area contributed by atoms with Gasteiger partial charge >= 0.3 is 0 Å². The number of hydrogen-bond donors (Lipinski definition) is 2. The van der Waals surface area contributed by atoms with Crippen LogP contribution in [-0.2, 0) is 0 Å². The fourth-order valence-electron chi connectivity index (χ4n) is 1.63. The highest BCUT2D eigenvalue weighted by Crippen LogP contribution is 2.29. The molecule has 0 atom stereocenters. The lowest BCUT2D eigenvalue weighted by Gasteiger charge is -2.23. The lowest BCUT2D eigenvalue weighted by Crippen LogP contribution is -2.27. The summed E-state index contributed by atoms with van der Waals surface area (Å²) < 4.78 is 24.7. The Hall–Kier alpha value is -1.50. The number of anilines is 2. The number of halogens is 2. The molecule has 5 nitrogen and oxygen atoms in total. The maximum Gasteiger partial charge on any atom is 0.255 e.